The number of benzene rings is 10. The Bertz CT molecular complexity index is 4010. The summed E-state index contributed by atoms with van der Waals surface area (Å²) in [5.41, 5.74) is 18.8. The van der Waals surface area contributed by atoms with Gasteiger partial charge in [-0.3, -0.25) is 4.98 Å². The fourth-order valence-electron chi connectivity index (χ4n) is 10.7. The van der Waals surface area contributed by atoms with E-state index in [2.05, 4.69) is 222 Å². The zero-order valence-electron chi connectivity index (χ0n) is 41.1. The van der Waals surface area contributed by atoms with Crippen molar-refractivity contribution in [3.8, 4) is 67.2 Å². The maximum atomic E-state index is 5.25. The molecule has 13 aromatic rings. The molecule has 0 aliphatic carbocycles. The average Bonchev–Trinajstić information content (AvgIpc) is 3.50. The van der Waals surface area contributed by atoms with Crippen LogP contribution in [0.15, 0.2) is 243 Å². The third-order valence-corrected chi connectivity index (χ3v) is 14.5. The molecule has 0 atom stereocenters. The topological polar surface area (TPSA) is 38.7 Å². The quantitative estimate of drug-likeness (QED) is 0.0904. The largest absolute Gasteiger partial charge is 3.00 e. The first-order chi connectivity index (χ1) is 36.6. The van der Waals surface area contributed by atoms with E-state index < -0.39 is 0 Å². The van der Waals surface area contributed by atoms with Crippen LogP contribution >= 0.6 is 0 Å². The van der Waals surface area contributed by atoms with Crippen molar-refractivity contribution in [1.29, 1.82) is 0 Å². The average molecular weight is 1140 g/mol. The van der Waals surface area contributed by atoms with Crippen LogP contribution in [0.3, 0.4) is 0 Å². The molecule has 10 aromatic carbocycles. The van der Waals surface area contributed by atoms with Gasteiger partial charge in [-0.05, 0) is 120 Å². The molecule has 3 aromatic heterocycles. The van der Waals surface area contributed by atoms with Crippen molar-refractivity contribution in [2.75, 3.05) is 0 Å². The predicted octanol–water partition coefficient (Wildman–Crippen LogP) is 17.5. The minimum Gasteiger partial charge on any atom is -0.305 e. The molecule has 356 valence electrons. The molecule has 0 bridgehead atoms. The zero-order chi connectivity index (χ0) is 49.2. The molecule has 0 unspecified atom stereocenters. The Morgan fingerprint density at radius 2 is 0.760 bits per heavy atom. The van der Waals surface area contributed by atoms with E-state index in [1.54, 1.807) is 0 Å². The van der Waals surface area contributed by atoms with E-state index in [9.17, 15) is 0 Å². The van der Waals surface area contributed by atoms with Gasteiger partial charge in [0, 0.05) is 17.8 Å². The Morgan fingerprint density at radius 1 is 0.293 bits per heavy atom. The third-order valence-electron chi connectivity index (χ3n) is 14.5. The van der Waals surface area contributed by atoms with Gasteiger partial charge in [-0.15, -0.1) is 101 Å². The van der Waals surface area contributed by atoms with Crippen molar-refractivity contribution < 1.29 is 20.1 Å². The molecule has 3 heterocycles. The van der Waals surface area contributed by atoms with Crippen LogP contribution in [0.1, 0.15) is 22.3 Å². The van der Waals surface area contributed by atoms with Crippen molar-refractivity contribution in [2.24, 2.45) is 0 Å². The van der Waals surface area contributed by atoms with Crippen LogP contribution in [0.4, 0.5) is 0 Å². The second-order valence-electron chi connectivity index (χ2n) is 19.1. The van der Waals surface area contributed by atoms with Crippen molar-refractivity contribution in [2.45, 2.75) is 25.7 Å². The predicted molar refractivity (Wildman–Crippen MR) is 307 cm³/mol. The molecule has 4 heteroatoms. The Labute approximate surface area is 451 Å². The minimum absolute atomic E-state index is 0. The number of rotatable bonds is 12. The molecule has 0 amide bonds. The van der Waals surface area contributed by atoms with Crippen molar-refractivity contribution in [3.63, 3.8) is 0 Å². The summed E-state index contributed by atoms with van der Waals surface area (Å²) >= 11 is 0. The van der Waals surface area contributed by atoms with E-state index in [1.807, 2.05) is 48.8 Å². The van der Waals surface area contributed by atoms with E-state index >= 15 is 0 Å². The summed E-state index contributed by atoms with van der Waals surface area (Å²) in [5.74, 6) is 0. The smallest absolute Gasteiger partial charge is 0.305 e. The summed E-state index contributed by atoms with van der Waals surface area (Å²) < 4.78 is 0. The van der Waals surface area contributed by atoms with Gasteiger partial charge < -0.3 is 9.97 Å². The summed E-state index contributed by atoms with van der Waals surface area (Å²) in [5, 5.41) is 8.73. The first-order valence-corrected chi connectivity index (χ1v) is 25.5. The summed E-state index contributed by atoms with van der Waals surface area (Å²) in [6, 6.07) is 93.4. The van der Waals surface area contributed by atoms with Gasteiger partial charge in [0.05, 0.1) is 5.52 Å². The molecule has 0 saturated carbocycles. The van der Waals surface area contributed by atoms with Crippen molar-refractivity contribution >= 4 is 43.2 Å². The van der Waals surface area contributed by atoms with Gasteiger partial charge in [0.15, 0.2) is 0 Å². The van der Waals surface area contributed by atoms with Gasteiger partial charge in [0.2, 0.25) is 0 Å². The standard InChI is InChI=1S/C71H48N3.Ir/c1-2-14-59(57-44-50(25-23-48-27-31-53(32-28-48)68-20-9-11-41-72-68)43-51(45-57)26-24-49-29-33-54(34-30-49)69-21-10-12-42-73-69)58(13-1)52-35-37-55(38-36-52)71-47-66(65-19-7-8-22-70(65)74-71)56-39-40-64-62-17-4-3-15-60(62)61-16-5-6-18-63(61)67(64)46-56;/h1-22,27-31,33,35-37,39-47H,23-26H2;/q-3;+3. The van der Waals surface area contributed by atoms with Crippen LogP contribution < -0.4 is 0 Å². The number of pyridine rings is 3. The Hall–Kier alpha value is -8.66. The number of aromatic nitrogens is 3. The number of aryl methyl sites for hydroxylation is 4. The van der Waals surface area contributed by atoms with Crippen LogP contribution in [-0.4, -0.2) is 15.0 Å². The normalized spacial score (nSPS) is 11.3. The van der Waals surface area contributed by atoms with Crippen LogP contribution in [-0.2, 0) is 45.8 Å². The van der Waals surface area contributed by atoms with Gasteiger partial charge in [-0.2, -0.15) is 0 Å². The molecule has 0 aliphatic heterocycles. The molecular weight excluding hydrogens is 1090 g/mol. The van der Waals surface area contributed by atoms with E-state index in [0.29, 0.717) is 0 Å². The van der Waals surface area contributed by atoms with Crippen LogP contribution in [0.2, 0.25) is 0 Å². The zero-order valence-corrected chi connectivity index (χ0v) is 43.5. The van der Waals surface area contributed by atoms with Crippen LogP contribution in [0.25, 0.3) is 110 Å². The first kappa shape index (κ1) is 47.3. The second kappa shape index (κ2) is 21.1. The monoisotopic (exact) mass is 1140 g/mol. The number of hydrogen-bond acceptors (Lipinski definition) is 3. The van der Waals surface area contributed by atoms with E-state index in [1.165, 1.54) is 76.8 Å². The van der Waals surface area contributed by atoms with Gasteiger partial charge >= 0.3 is 20.1 Å². The Kier molecular flexibility index (Phi) is 13.3. The molecule has 0 fully saturated rings. The van der Waals surface area contributed by atoms with Gasteiger partial charge in [-0.25, -0.2) is 0 Å². The Morgan fingerprint density at radius 3 is 1.31 bits per heavy atom. The van der Waals surface area contributed by atoms with Crippen molar-refractivity contribution in [3.05, 3.63) is 283 Å². The fourth-order valence-corrected chi connectivity index (χ4v) is 10.7. The summed E-state index contributed by atoms with van der Waals surface area (Å²) in [6.07, 6.45) is 7.28. The van der Waals surface area contributed by atoms with E-state index in [0.717, 1.165) is 81.5 Å². The third kappa shape index (κ3) is 9.71. The molecule has 13 rings (SSSR count). The molecule has 0 N–H and O–H groups in total. The first-order valence-electron chi connectivity index (χ1n) is 25.5. The Balaban J connectivity index is 0.00000569. The number of para-hydroxylation sites is 1. The molecule has 0 radical (unpaired) electrons. The summed E-state index contributed by atoms with van der Waals surface area (Å²) in [6.45, 7) is 0. The summed E-state index contributed by atoms with van der Waals surface area (Å²) in [4.78, 5) is 14.3. The fraction of sp³-hybridized carbons (Fsp3) is 0.0563. The molecular formula is C71H48IrN3. The molecule has 3 nitrogen and oxygen atoms in total. The SMILES string of the molecule is [Ir+3].[c-]1cc(CCc2cc(CCc3c[c-]c(-c4ccccn4)cc3)cc(-c3ccccc3-c3c[c-]c(-c4cc(-c5ccc6c7ccccc7c7ccccc7c6c5)c5ccccc5n4)cc3)c2)ccc1-c1ccccn1. The number of nitrogens with zero attached hydrogens (tertiary/aromatic N) is 3. The van der Waals surface area contributed by atoms with E-state index in [4.69, 9.17) is 4.98 Å². The van der Waals surface area contributed by atoms with Gasteiger partial charge in [0.1, 0.15) is 0 Å². The van der Waals surface area contributed by atoms with Crippen molar-refractivity contribution in [1.82, 2.24) is 15.0 Å². The minimum atomic E-state index is 0. The van der Waals surface area contributed by atoms with Gasteiger partial charge in [0.25, 0.3) is 0 Å². The second-order valence-corrected chi connectivity index (χ2v) is 19.1. The van der Waals surface area contributed by atoms with E-state index in [-0.39, 0.29) is 20.1 Å². The maximum Gasteiger partial charge on any atom is 3.00 e. The van der Waals surface area contributed by atoms with Gasteiger partial charge in [-0.1, -0.05) is 176 Å². The molecule has 0 aliphatic rings. The van der Waals surface area contributed by atoms with Crippen LogP contribution in [0.5, 0.6) is 0 Å². The maximum absolute atomic E-state index is 5.25. The van der Waals surface area contributed by atoms with Crippen LogP contribution in [0, 0.1) is 18.2 Å². The molecule has 0 spiro atoms. The molecule has 75 heavy (non-hydrogen) atoms. The summed E-state index contributed by atoms with van der Waals surface area (Å²) in [7, 11) is 0. The number of fused-ring (bicyclic) bond motifs is 7. The molecule has 0 saturated heterocycles. The number of hydrogen-bond donors (Lipinski definition) is 0.